The number of imide groups is 1. The van der Waals surface area contributed by atoms with Crippen LogP contribution in [0.2, 0.25) is 5.02 Å². The molecule has 7 heteroatoms. The molecular formula is C36H24ClN3O3. The SMILES string of the molecule is O=C(N/N=C\C12c3ccccc3C(c3ccccc31)[C@H]1C(=O)N(c3cccc4ccccc34)C(=O)[C@@H]12)c1ccc(Cl)cc1. The Labute approximate surface area is 252 Å². The average Bonchev–Trinajstić information content (AvgIpc) is 3.31. The van der Waals surface area contributed by atoms with Crippen molar-refractivity contribution in [1.82, 2.24) is 5.43 Å². The molecule has 1 saturated heterocycles. The first-order chi connectivity index (χ1) is 21.0. The zero-order valence-corrected chi connectivity index (χ0v) is 23.5. The molecule has 0 saturated carbocycles. The number of hydrogen-bond donors (Lipinski definition) is 1. The summed E-state index contributed by atoms with van der Waals surface area (Å²) in [5, 5.41) is 6.80. The first-order valence-electron chi connectivity index (χ1n) is 14.2. The normalized spacial score (nSPS) is 23.4. The molecule has 0 aromatic heterocycles. The topological polar surface area (TPSA) is 78.8 Å². The molecule has 4 aliphatic rings. The molecule has 6 nitrogen and oxygen atoms in total. The maximum absolute atomic E-state index is 14.7. The van der Waals surface area contributed by atoms with E-state index in [1.165, 1.54) is 4.90 Å². The van der Waals surface area contributed by atoms with Gasteiger partial charge in [0.25, 0.3) is 5.91 Å². The number of nitrogens with zero attached hydrogens (tertiary/aromatic N) is 2. The fourth-order valence-corrected chi connectivity index (χ4v) is 7.68. The lowest BCUT2D eigenvalue weighted by molar-refractivity contribution is -0.122. The summed E-state index contributed by atoms with van der Waals surface area (Å²) in [6, 6.07) is 35.9. The van der Waals surface area contributed by atoms with Gasteiger partial charge >= 0.3 is 0 Å². The third kappa shape index (κ3) is 3.53. The molecule has 1 N–H and O–H groups in total. The van der Waals surface area contributed by atoms with Crippen molar-refractivity contribution < 1.29 is 14.4 Å². The van der Waals surface area contributed by atoms with Crippen molar-refractivity contribution >= 4 is 52.0 Å². The van der Waals surface area contributed by atoms with Crippen LogP contribution in [-0.4, -0.2) is 23.9 Å². The summed E-state index contributed by atoms with van der Waals surface area (Å²) in [6.07, 6.45) is 1.67. The molecule has 2 atom stereocenters. The van der Waals surface area contributed by atoms with Gasteiger partial charge in [0.15, 0.2) is 0 Å². The van der Waals surface area contributed by atoms with Gasteiger partial charge in [-0.2, -0.15) is 5.10 Å². The van der Waals surface area contributed by atoms with Crippen molar-refractivity contribution in [2.75, 3.05) is 4.90 Å². The molecule has 3 amide bonds. The van der Waals surface area contributed by atoms with Gasteiger partial charge in [-0.05, 0) is 58.0 Å². The van der Waals surface area contributed by atoms with Gasteiger partial charge in [-0.3, -0.25) is 14.4 Å². The first kappa shape index (κ1) is 25.6. The molecule has 3 aliphatic carbocycles. The summed E-state index contributed by atoms with van der Waals surface area (Å²) < 4.78 is 0. The highest BCUT2D eigenvalue weighted by Crippen LogP contribution is 2.63. The Bertz CT molecular complexity index is 1970. The minimum atomic E-state index is -1.08. The van der Waals surface area contributed by atoms with Crippen molar-refractivity contribution in [3.63, 3.8) is 0 Å². The van der Waals surface area contributed by atoms with Crippen LogP contribution >= 0.6 is 11.6 Å². The summed E-state index contributed by atoms with van der Waals surface area (Å²) in [6.45, 7) is 0. The summed E-state index contributed by atoms with van der Waals surface area (Å²) in [4.78, 5) is 43.6. The average molecular weight is 582 g/mol. The minimum Gasteiger partial charge on any atom is -0.274 e. The number of amides is 3. The first-order valence-corrected chi connectivity index (χ1v) is 14.5. The highest BCUT2D eigenvalue weighted by Gasteiger charge is 2.68. The largest absolute Gasteiger partial charge is 0.274 e. The zero-order valence-electron chi connectivity index (χ0n) is 22.8. The molecule has 1 aliphatic heterocycles. The second kappa shape index (κ2) is 9.48. The molecule has 208 valence electrons. The molecular weight excluding hydrogens is 558 g/mol. The van der Waals surface area contributed by atoms with Crippen LogP contribution in [0.5, 0.6) is 0 Å². The molecule has 43 heavy (non-hydrogen) atoms. The Morgan fingerprint density at radius 3 is 2.12 bits per heavy atom. The van der Waals surface area contributed by atoms with E-state index in [-0.39, 0.29) is 17.7 Å². The molecule has 9 rings (SSSR count). The van der Waals surface area contributed by atoms with Gasteiger partial charge in [-0.1, -0.05) is 96.5 Å². The number of hydrazone groups is 1. The summed E-state index contributed by atoms with van der Waals surface area (Å²) in [7, 11) is 0. The van der Waals surface area contributed by atoms with E-state index in [2.05, 4.69) is 10.5 Å². The van der Waals surface area contributed by atoms with Crippen molar-refractivity contribution in [2.45, 2.75) is 11.3 Å². The Hall–Kier alpha value is -5.07. The predicted molar refractivity (Wildman–Crippen MR) is 166 cm³/mol. The molecule has 1 fully saturated rings. The molecule has 5 aromatic carbocycles. The van der Waals surface area contributed by atoms with Crippen LogP contribution < -0.4 is 10.3 Å². The highest BCUT2D eigenvalue weighted by molar-refractivity contribution is 6.30. The third-order valence-electron chi connectivity index (χ3n) is 9.23. The number of carbonyl (C=O) groups excluding carboxylic acids is 3. The van der Waals surface area contributed by atoms with Crippen LogP contribution in [-0.2, 0) is 15.0 Å². The van der Waals surface area contributed by atoms with E-state index in [9.17, 15) is 14.4 Å². The van der Waals surface area contributed by atoms with Crippen LogP contribution in [0.25, 0.3) is 10.8 Å². The maximum Gasteiger partial charge on any atom is 0.271 e. The highest BCUT2D eigenvalue weighted by atomic mass is 35.5. The number of fused-ring (bicyclic) bond motifs is 1. The second-order valence-electron chi connectivity index (χ2n) is 11.2. The lowest BCUT2D eigenvalue weighted by Gasteiger charge is -2.52. The fourth-order valence-electron chi connectivity index (χ4n) is 7.55. The summed E-state index contributed by atoms with van der Waals surface area (Å²) >= 11 is 6.00. The molecule has 1 heterocycles. The van der Waals surface area contributed by atoms with E-state index in [0.29, 0.717) is 16.3 Å². The number of anilines is 1. The van der Waals surface area contributed by atoms with Gasteiger partial charge in [0.2, 0.25) is 11.8 Å². The van der Waals surface area contributed by atoms with E-state index in [4.69, 9.17) is 11.6 Å². The second-order valence-corrected chi connectivity index (χ2v) is 11.7. The van der Waals surface area contributed by atoms with Gasteiger partial charge in [-0.25, -0.2) is 10.3 Å². The van der Waals surface area contributed by atoms with Gasteiger partial charge < -0.3 is 0 Å². The summed E-state index contributed by atoms with van der Waals surface area (Å²) in [5.41, 5.74) is 6.40. The lowest BCUT2D eigenvalue weighted by atomic mass is 9.47. The monoisotopic (exact) mass is 581 g/mol. The number of nitrogens with one attached hydrogen (secondary N) is 1. The van der Waals surface area contributed by atoms with Crippen LogP contribution in [0.1, 0.15) is 38.5 Å². The van der Waals surface area contributed by atoms with Crippen LogP contribution in [0.15, 0.2) is 120 Å². The quantitative estimate of drug-likeness (QED) is 0.150. The number of halogens is 1. The van der Waals surface area contributed by atoms with E-state index >= 15 is 0 Å². The van der Waals surface area contributed by atoms with E-state index < -0.39 is 23.2 Å². The Morgan fingerprint density at radius 2 is 1.40 bits per heavy atom. The molecule has 0 spiro atoms. The molecule has 5 aromatic rings. The van der Waals surface area contributed by atoms with Gasteiger partial charge in [0, 0.05) is 28.1 Å². The molecule has 2 bridgehead atoms. The van der Waals surface area contributed by atoms with Crippen molar-refractivity contribution in [2.24, 2.45) is 16.9 Å². The zero-order chi connectivity index (χ0) is 29.3. The molecule has 0 unspecified atom stereocenters. The third-order valence-corrected chi connectivity index (χ3v) is 9.48. The van der Waals surface area contributed by atoms with Crippen molar-refractivity contribution in [3.05, 3.63) is 148 Å². The van der Waals surface area contributed by atoms with Gasteiger partial charge in [0.1, 0.15) is 0 Å². The molecule has 0 radical (unpaired) electrons. The van der Waals surface area contributed by atoms with E-state index in [1.54, 1.807) is 30.5 Å². The van der Waals surface area contributed by atoms with E-state index in [1.807, 2.05) is 91.0 Å². The van der Waals surface area contributed by atoms with Crippen molar-refractivity contribution in [3.8, 4) is 0 Å². The van der Waals surface area contributed by atoms with E-state index in [0.717, 1.165) is 33.0 Å². The number of carbonyl (C=O) groups is 3. The standard InChI is InChI=1S/C36H24ClN3O3/c37-23-18-16-22(17-19-23)33(41)39-38-20-36-27-13-5-3-11-25(27)30(26-12-4-6-14-28(26)36)31-32(36)35(43)40(34(31)42)29-15-7-9-21-8-1-2-10-24(21)29/h1-20,30-32H,(H,39,41)/b38-20-/t30?,31-,32-,36?/m1/s1. The number of benzene rings is 5. The maximum atomic E-state index is 14.7. The Morgan fingerprint density at radius 1 is 0.767 bits per heavy atom. The van der Waals surface area contributed by atoms with Crippen molar-refractivity contribution in [1.29, 1.82) is 0 Å². The van der Waals surface area contributed by atoms with Crippen LogP contribution in [0.3, 0.4) is 0 Å². The Balaban J connectivity index is 1.31. The minimum absolute atomic E-state index is 0.219. The predicted octanol–water partition coefficient (Wildman–Crippen LogP) is 6.46. The smallest absolute Gasteiger partial charge is 0.271 e. The number of hydrogen-bond acceptors (Lipinski definition) is 4. The van der Waals surface area contributed by atoms with Gasteiger partial charge in [0.05, 0.1) is 22.9 Å². The van der Waals surface area contributed by atoms with Crippen LogP contribution in [0, 0.1) is 11.8 Å². The fraction of sp³-hybridized carbons (Fsp3) is 0.111. The number of rotatable bonds is 4. The van der Waals surface area contributed by atoms with Crippen LogP contribution in [0.4, 0.5) is 5.69 Å². The summed E-state index contributed by atoms with van der Waals surface area (Å²) in [5.74, 6) is -2.55. The lowest BCUT2D eigenvalue weighted by Crippen LogP contribution is -2.54. The van der Waals surface area contributed by atoms with Gasteiger partial charge in [-0.15, -0.1) is 0 Å². The Kier molecular flexibility index (Phi) is 5.65.